The minimum Gasteiger partial charge on any atom is -0.894 e. The Hall–Kier alpha value is 0.966. The van der Waals surface area contributed by atoms with Crippen LogP contribution in [0.2, 0.25) is 0 Å². The van der Waals surface area contributed by atoms with E-state index < -0.39 is 16.9 Å². The molecule has 0 amide bonds. The first-order valence-corrected chi connectivity index (χ1v) is 4.80. The standard InChI is InChI=1S/H3O4P.O4Si.Sn/c2*1-5(2,3)4;/h(H3,1,2,3,4);;/q;-4;+4. The van der Waals surface area contributed by atoms with E-state index in [1.54, 1.807) is 0 Å². The van der Waals surface area contributed by atoms with Gasteiger partial charge in [-0.15, -0.1) is 0 Å². The van der Waals surface area contributed by atoms with Crippen LogP contribution in [0, 0.1) is 0 Å². The molecule has 0 aliphatic rings. The molecule has 0 heterocycles. The molecule has 11 heavy (non-hydrogen) atoms. The van der Waals surface area contributed by atoms with E-state index in [0.717, 1.165) is 0 Å². The average molecular weight is 309 g/mol. The summed E-state index contributed by atoms with van der Waals surface area (Å²) in [6.45, 7) is 0. The second-order valence-electron chi connectivity index (χ2n) is 1.01. The van der Waals surface area contributed by atoms with Crippen LogP contribution >= 0.6 is 7.82 Å². The summed E-state index contributed by atoms with van der Waals surface area (Å²) in [5, 5.41) is 0. The maximum atomic E-state index is 8.88. The van der Waals surface area contributed by atoms with Gasteiger partial charge in [-0.05, 0) is 0 Å². The van der Waals surface area contributed by atoms with Gasteiger partial charge >= 0.3 is 31.7 Å². The van der Waals surface area contributed by atoms with Gasteiger partial charge in [0.2, 0.25) is 0 Å². The van der Waals surface area contributed by atoms with Crippen LogP contribution in [0.3, 0.4) is 0 Å². The zero-order chi connectivity index (χ0) is 9.00. The fourth-order valence-corrected chi connectivity index (χ4v) is 0. The molecule has 0 saturated heterocycles. The summed E-state index contributed by atoms with van der Waals surface area (Å²) in [5.74, 6) is 0. The molecule has 0 radical (unpaired) electrons. The van der Waals surface area contributed by atoms with Crippen LogP contribution in [0.1, 0.15) is 0 Å². The zero-order valence-electron chi connectivity index (χ0n) is 4.83. The van der Waals surface area contributed by atoms with Crippen LogP contribution in [0.25, 0.3) is 0 Å². The van der Waals surface area contributed by atoms with E-state index >= 15 is 0 Å². The molecule has 0 aromatic carbocycles. The van der Waals surface area contributed by atoms with Crippen LogP contribution < -0.4 is 19.2 Å². The summed E-state index contributed by atoms with van der Waals surface area (Å²) in [4.78, 5) is 55.9. The number of hydrogen-bond acceptors (Lipinski definition) is 5. The summed E-state index contributed by atoms with van der Waals surface area (Å²) >= 11 is 0. The molecule has 0 atom stereocenters. The van der Waals surface area contributed by atoms with E-state index in [9.17, 15) is 0 Å². The maximum absolute atomic E-state index is 8.88. The predicted molar refractivity (Wildman–Crippen MR) is 25.8 cm³/mol. The van der Waals surface area contributed by atoms with Gasteiger partial charge in [0.1, 0.15) is 0 Å². The molecule has 11 heteroatoms. The third kappa shape index (κ3) is 945. The molecule has 0 aliphatic carbocycles. The van der Waals surface area contributed by atoms with E-state index in [4.69, 9.17) is 38.4 Å². The van der Waals surface area contributed by atoms with E-state index in [1.165, 1.54) is 0 Å². The molecule has 0 aromatic rings. The van der Waals surface area contributed by atoms with E-state index in [0.29, 0.717) is 0 Å². The second kappa shape index (κ2) is 6.48. The molecule has 0 saturated carbocycles. The molecule has 0 rings (SSSR count). The SMILES string of the molecule is O=P(O)(O)O.[O-][Si]([O-])([O-])[O-].[Sn+4]. The topological polar surface area (TPSA) is 170 Å². The summed E-state index contributed by atoms with van der Waals surface area (Å²) in [6.07, 6.45) is 0. The van der Waals surface area contributed by atoms with Gasteiger partial charge in [0, 0.05) is 0 Å². The molecule has 0 spiro atoms. The predicted octanol–water partition coefficient (Wildman–Crippen LogP) is -6.45. The average Bonchev–Trinajstić information content (AvgIpc) is 1.12. The minimum atomic E-state index is -5.61. The summed E-state index contributed by atoms with van der Waals surface area (Å²) in [7, 11) is -10.2. The van der Waals surface area contributed by atoms with Crippen molar-refractivity contribution in [3.63, 3.8) is 0 Å². The first kappa shape index (κ1) is 17.9. The molecule has 8 nitrogen and oxygen atoms in total. The molecule has 0 fully saturated rings. The van der Waals surface area contributed by atoms with Crippen molar-refractivity contribution in [2.45, 2.75) is 0 Å². The Bertz CT molecular complexity index is 106. The second-order valence-corrected chi connectivity index (χ2v) is 3.04. The maximum Gasteiger partial charge on any atom is 4.00 e. The molecule has 0 aromatic heterocycles. The normalized spacial score (nSPS) is 10.8. The Balaban J connectivity index is -0.000000107. The van der Waals surface area contributed by atoms with Crippen molar-refractivity contribution < 1.29 is 38.4 Å². The molecule has 0 unspecified atom stereocenters. The molecular weight excluding hydrogens is 306 g/mol. The van der Waals surface area contributed by atoms with Gasteiger partial charge in [0.05, 0.1) is 0 Å². The van der Waals surface area contributed by atoms with Crippen LogP contribution in [0.4, 0.5) is 0 Å². The Labute approximate surface area is 79.4 Å². The van der Waals surface area contributed by atoms with Gasteiger partial charge in [-0.25, -0.2) is 4.57 Å². The van der Waals surface area contributed by atoms with Crippen LogP contribution in [-0.4, -0.2) is 47.6 Å². The summed E-state index contributed by atoms with van der Waals surface area (Å²) < 4.78 is 8.88. The smallest absolute Gasteiger partial charge is 0.894 e. The van der Waals surface area contributed by atoms with Crippen molar-refractivity contribution >= 4 is 40.8 Å². The minimum absolute atomic E-state index is 0. The van der Waals surface area contributed by atoms with Crippen molar-refractivity contribution in [3.8, 4) is 0 Å². The van der Waals surface area contributed by atoms with Gasteiger partial charge in [-0.2, -0.15) is 0 Å². The van der Waals surface area contributed by atoms with Crippen LogP contribution in [-0.2, 0) is 4.57 Å². The summed E-state index contributed by atoms with van der Waals surface area (Å²) in [6, 6.07) is 0. The first-order valence-electron chi connectivity index (χ1n) is 1.60. The fourth-order valence-electron chi connectivity index (χ4n) is 0. The first-order chi connectivity index (χ1) is 4.00. The van der Waals surface area contributed by atoms with Gasteiger partial charge in [-0.1, -0.05) is 0 Å². The molecular formula is H3O8PSiSn. The Morgan fingerprint density at radius 1 is 1.00 bits per heavy atom. The largest absolute Gasteiger partial charge is 4.00 e. The van der Waals surface area contributed by atoms with Crippen LogP contribution in [0.5, 0.6) is 0 Å². The third-order valence-corrected chi connectivity index (χ3v) is 0. The Morgan fingerprint density at radius 3 is 1.00 bits per heavy atom. The van der Waals surface area contributed by atoms with Gasteiger partial charge < -0.3 is 42.9 Å². The Kier molecular flexibility index (Phi) is 10.5. The van der Waals surface area contributed by atoms with Gasteiger partial charge in [-0.3, -0.25) is 0 Å². The van der Waals surface area contributed by atoms with Crippen molar-refractivity contribution in [1.82, 2.24) is 0 Å². The zero-order valence-corrected chi connectivity index (χ0v) is 9.58. The molecule has 3 N–H and O–H groups in total. The van der Waals surface area contributed by atoms with E-state index in [-0.39, 0.29) is 23.9 Å². The van der Waals surface area contributed by atoms with Crippen molar-refractivity contribution in [1.29, 1.82) is 0 Å². The number of hydrogen-bond donors (Lipinski definition) is 3. The third-order valence-electron chi connectivity index (χ3n) is 0. The quantitative estimate of drug-likeness (QED) is 0.293. The Morgan fingerprint density at radius 2 is 1.00 bits per heavy atom. The van der Waals surface area contributed by atoms with Crippen molar-refractivity contribution in [2.24, 2.45) is 0 Å². The summed E-state index contributed by atoms with van der Waals surface area (Å²) in [5.41, 5.74) is 0. The van der Waals surface area contributed by atoms with Gasteiger partial charge in [0.25, 0.3) is 0 Å². The van der Waals surface area contributed by atoms with E-state index in [1.807, 2.05) is 0 Å². The van der Waals surface area contributed by atoms with Crippen molar-refractivity contribution in [3.05, 3.63) is 0 Å². The molecule has 64 valence electrons. The fraction of sp³-hybridized carbons (Fsp3) is 0. The van der Waals surface area contributed by atoms with E-state index in [2.05, 4.69) is 0 Å². The van der Waals surface area contributed by atoms with Crippen molar-refractivity contribution in [2.75, 3.05) is 0 Å². The number of rotatable bonds is 0. The number of phosphoric acid groups is 1. The molecule has 0 bridgehead atoms. The van der Waals surface area contributed by atoms with Gasteiger partial charge in [0.15, 0.2) is 0 Å². The van der Waals surface area contributed by atoms with Crippen LogP contribution in [0.15, 0.2) is 0 Å². The molecule has 0 aliphatic heterocycles. The monoisotopic (exact) mass is 310 g/mol.